The second-order valence-electron chi connectivity index (χ2n) is 6.65. The van der Waals surface area contributed by atoms with Crippen LogP contribution in [0.15, 0.2) is 54.0 Å². The van der Waals surface area contributed by atoms with Crippen molar-refractivity contribution in [1.29, 1.82) is 0 Å². The van der Waals surface area contributed by atoms with Crippen LogP contribution in [0.3, 0.4) is 0 Å². The molecule has 1 aliphatic rings. The van der Waals surface area contributed by atoms with Crippen LogP contribution >= 0.6 is 11.3 Å². The SMILES string of the molecule is CN(CC(=O)NC1CC1)C(=O)c1cn(-c2ccccc2)nc1-c1cccs1. The fraction of sp³-hybridized carbons (Fsp3) is 0.250. The molecule has 0 aliphatic heterocycles. The molecule has 1 aromatic carbocycles. The summed E-state index contributed by atoms with van der Waals surface area (Å²) in [7, 11) is 1.65. The number of carbonyl (C=O) groups excluding carboxylic acids is 2. The molecule has 0 bridgehead atoms. The second-order valence-corrected chi connectivity index (χ2v) is 7.60. The third kappa shape index (κ3) is 3.93. The number of nitrogens with zero attached hydrogens (tertiary/aromatic N) is 3. The van der Waals surface area contributed by atoms with Crippen LogP contribution in [0, 0.1) is 0 Å². The van der Waals surface area contributed by atoms with E-state index in [1.807, 2.05) is 47.8 Å². The van der Waals surface area contributed by atoms with E-state index >= 15 is 0 Å². The predicted octanol–water partition coefficient (Wildman–Crippen LogP) is 2.95. The highest BCUT2D eigenvalue weighted by atomic mass is 32.1. The maximum absolute atomic E-state index is 13.0. The van der Waals surface area contributed by atoms with Gasteiger partial charge in [0.15, 0.2) is 0 Å². The van der Waals surface area contributed by atoms with Gasteiger partial charge in [-0.2, -0.15) is 5.10 Å². The fourth-order valence-corrected chi connectivity index (χ4v) is 3.56. The Morgan fingerprint density at radius 3 is 2.67 bits per heavy atom. The Kier molecular flexibility index (Phi) is 4.77. The summed E-state index contributed by atoms with van der Waals surface area (Å²) in [6.45, 7) is 0.0374. The minimum Gasteiger partial charge on any atom is -0.352 e. The number of hydrogen-bond donors (Lipinski definition) is 1. The van der Waals surface area contributed by atoms with Crippen molar-refractivity contribution in [2.24, 2.45) is 0 Å². The van der Waals surface area contributed by atoms with Gasteiger partial charge in [0.25, 0.3) is 5.91 Å². The Bertz CT molecular complexity index is 946. The van der Waals surface area contributed by atoms with Gasteiger partial charge in [-0.1, -0.05) is 24.3 Å². The van der Waals surface area contributed by atoms with E-state index < -0.39 is 0 Å². The zero-order chi connectivity index (χ0) is 18.8. The number of nitrogens with one attached hydrogen (secondary N) is 1. The Balaban J connectivity index is 1.62. The lowest BCUT2D eigenvalue weighted by Crippen LogP contribution is -2.39. The van der Waals surface area contributed by atoms with Crippen molar-refractivity contribution in [3.63, 3.8) is 0 Å². The van der Waals surface area contributed by atoms with Crippen molar-refractivity contribution >= 4 is 23.2 Å². The van der Waals surface area contributed by atoms with Crippen molar-refractivity contribution in [2.75, 3.05) is 13.6 Å². The molecule has 1 aliphatic carbocycles. The second kappa shape index (κ2) is 7.36. The molecule has 3 aromatic rings. The van der Waals surface area contributed by atoms with Gasteiger partial charge in [0.2, 0.25) is 5.91 Å². The monoisotopic (exact) mass is 380 g/mol. The molecule has 1 saturated carbocycles. The largest absolute Gasteiger partial charge is 0.352 e. The molecule has 138 valence electrons. The lowest BCUT2D eigenvalue weighted by molar-refractivity contribution is -0.121. The summed E-state index contributed by atoms with van der Waals surface area (Å²) in [4.78, 5) is 27.5. The number of hydrogen-bond acceptors (Lipinski definition) is 4. The van der Waals surface area contributed by atoms with Gasteiger partial charge in [-0.15, -0.1) is 11.3 Å². The van der Waals surface area contributed by atoms with Crippen molar-refractivity contribution in [2.45, 2.75) is 18.9 Å². The third-order valence-electron chi connectivity index (χ3n) is 4.39. The molecule has 0 unspecified atom stereocenters. The highest BCUT2D eigenvalue weighted by Gasteiger charge is 2.26. The van der Waals surface area contributed by atoms with Crippen molar-refractivity contribution < 1.29 is 9.59 Å². The average molecular weight is 380 g/mol. The summed E-state index contributed by atoms with van der Waals surface area (Å²) in [5, 5.41) is 9.51. The molecule has 0 spiro atoms. The normalized spacial score (nSPS) is 13.4. The molecule has 0 atom stereocenters. The van der Waals surface area contributed by atoms with Crippen LogP contribution in [0.2, 0.25) is 0 Å². The maximum Gasteiger partial charge on any atom is 0.257 e. The number of aromatic nitrogens is 2. The molecule has 4 rings (SSSR count). The number of likely N-dealkylation sites (N-methyl/N-ethyl adjacent to an activating group) is 1. The molecular weight excluding hydrogens is 360 g/mol. The van der Waals surface area contributed by atoms with E-state index in [-0.39, 0.29) is 24.4 Å². The van der Waals surface area contributed by atoms with Gasteiger partial charge in [0, 0.05) is 19.3 Å². The van der Waals surface area contributed by atoms with E-state index in [9.17, 15) is 9.59 Å². The Morgan fingerprint density at radius 2 is 2.00 bits per heavy atom. The molecule has 2 aromatic heterocycles. The Labute approximate surface area is 161 Å². The number of thiophene rings is 1. The van der Waals surface area contributed by atoms with Crippen LogP contribution in [-0.4, -0.2) is 46.1 Å². The van der Waals surface area contributed by atoms with Crippen LogP contribution in [-0.2, 0) is 4.79 Å². The predicted molar refractivity (Wildman–Crippen MR) is 105 cm³/mol. The summed E-state index contributed by atoms with van der Waals surface area (Å²) in [6, 6.07) is 13.8. The minimum atomic E-state index is -0.216. The van der Waals surface area contributed by atoms with E-state index in [4.69, 9.17) is 0 Å². The van der Waals surface area contributed by atoms with Crippen LogP contribution in [0.5, 0.6) is 0 Å². The average Bonchev–Trinajstić information content (AvgIpc) is 3.15. The molecule has 7 heteroatoms. The zero-order valence-corrected chi connectivity index (χ0v) is 15.8. The van der Waals surface area contributed by atoms with Gasteiger partial charge in [-0.3, -0.25) is 9.59 Å². The summed E-state index contributed by atoms with van der Waals surface area (Å²) in [5.74, 6) is -0.340. The Hall–Kier alpha value is -2.93. The fourth-order valence-electron chi connectivity index (χ4n) is 2.83. The summed E-state index contributed by atoms with van der Waals surface area (Å²) < 4.78 is 1.71. The first kappa shape index (κ1) is 17.5. The van der Waals surface area contributed by atoms with E-state index in [2.05, 4.69) is 10.4 Å². The van der Waals surface area contributed by atoms with Crippen LogP contribution in [0.25, 0.3) is 16.3 Å². The number of carbonyl (C=O) groups is 2. The number of para-hydroxylation sites is 1. The first-order valence-electron chi connectivity index (χ1n) is 8.85. The standard InChI is InChI=1S/C20H20N4O2S/c1-23(13-18(25)21-14-9-10-14)20(26)16-12-24(15-6-3-2-4-7-15)22-19(16)17-8-5-11-27-17/h2-8,11-12,14H,9-10,13H2,1H3,(H,21,25). The summed E-state index contributed by atoms with van der Waals surface area (Å²) >= 11 is 1.53. The number of amides is 2. The first-order valence-corrected chi connectivity index (χ1v) is 9.73. The van der Waals surface area contributed by atoms with Gasteiger partial charge in [0.1, 0.15) is 5.69 Å². The lowest BCUT2D eigenvalue weighted by atomic mass is 10.2. The third-order valence-corrected chi connectivity index (χ3v) is 5.27. The van der Waals surface area contributed by atoms with Crippen molar-refractivity contribution in [3.8, 4) is 16.3 Å². The smallest absolute Gasteiger partial charge is 0.257 e. The zero-order valence-electron chi connectivity index (χ0n) is 15.0. The molecule has 0 saturated heterocycles. The van der Waals surface area contributed by atoms with Crippen LogP contribution in [0.4, 0.5) is 0 Å². The first-order chi connectivity index (χ1) is 13.1. The van der Waals surface area contributed by atoms with Gasteiger partial charge in [-0.05, 0) is 36.4 Å². The summed E-state index contributed by atoms with van der Waals surface area (Å²) in [5.41, 5.74) is 2.00. The Morgan fingerprint density at radius 1 is 1.22 bits per heavy atom. The van der Waals surface area contributed by atoms with Crippen LogP contribution < -0.4 is 5.32 Å². The van der Waals surface area contributed by atoms with Crippen molar-refractivity contribution in [1.82, 2.24) is 20.0 Å². The van der Waals surface area contributed by atoms with Gasteiger partial charge < -0.3 is 10.2 Å². The van der Waals surface area contributed by atoms with Gasteiger partial charge in [0.05, 0.1) is 22.7 Å². The highest BCUT2D eigenvalue weighted by molar-refractivity contribution is 7.13. The highest BCUT2D eigenvalue weighted by Crippen LogP contribution is 2.28. The minimum absolute atomic E-state index is 0.0374. The molecule has 0 radical (unpaired) electrons. The maximum atomic E-state index is 13.0. The van der Waals surface area contributed by atoms with Gasteiger partial charge in [-0.25, -0.2) is 4.68 Å². The number of rotatable bonds is 6. The summed E-state index contributed by atoms with van der Waals surface area (Å²) in [6.07, 6.45) is 3.79. The van der Waals surface area contributed by atoms with E-state index in [0.29, 0.717) is 11.3 Å². The quantitative estimate of drug-likeness (QED) is 0.715. The molecule has 6 nitrogen and oxygen atoms in total. The van der Waals surface area contributed by atoms with E-state index in [0.717, 1.165) is 23.4 Å². The number of benzene rings is 1. The topological polar surface area (TPSA) is 67.2 Å². The van der Waals surface area contributed by atoms with E-state index in [1.165, 1.54) is 16.2 Å². The van der Waals surface area contributed by atoms with Crippen LogP contribution in [0.1, 0.15) is 23.2 Å². The molecular formula is C20H20N4O2S. The molecule has 27 heavy (non-hydrogen) atoms. The van der Waals surface area contributed by atoms with E-state index in [1.54, 1.807) is 17.9 Å². The molecule has 1 N–H and O–H groups in total. The molecule has 2 amide bonds. The lowest BCUT2D eigenvalue weighted by Gasteiger charge is -2.16. The van der Waals surface area contributed by atoms with Gasteiger partial charge >= 0.3 is 0 Å². The molecule has 1 fully saturated rings. The molecule has 2 heterocycles. The van der Waals surface area contributed by atoms with Crippen molar-refractivity contribution in [3.05, 3.63) is 59.6 Å².